The lowest BCUT2D eigenvalue weighted by Crippen LogP contribution is -1.99. The van der Waals surface area contributed by atoms with Crippen LogP contribution in [0.5, 0.6) is 0 Å². The molecule has 0 aliphatic heterocycles. The molecule has 0 unspecified atom stereocenters. The van der Waals surface area contributed by atoms with Crippen LogP contribution in [0.2, 0.25) is 5.02 Å². The molecular formula is C9H10ClNO2. The van der Waals surface area contributed by atoms with Crippen LogP contribution in [0, 0.1) is 0 Å². The van der Waals surface area contributed by atoms with Crippen LogP contribution >= 0.6 is 11.6 Å². The zero-order chi connectivity index (χ0) is 9.59. The number of aromatic carboxylic acids is 1. The Bertz CT molecular complexity index is 370. The second-order valence-corrected chi connectivity index (χ2v) is 3.83. The second kappa shape index (κ2) is 2.77. The number of carboxylic acids is 1. The smallest absolute Gasteiger partial charge is 0.353 e. The number of carbonyl (C=O) groups is 1. The summed E-state index contributed by atoms with van der Waals surface area (Å²) >= 11 is 5.92. The van der Waals surface area contributed by atoms with Gasteiger partial charge in [0.05, 0.1) is 5.02 Å². The molecule has 4 heteroatoms. The molecule has 0 saturated heterocycles. The number of nitrogens with one attached hydrogen (secondary N) is 1. The fourth-order valence-electron chi connectivity index (χ4n) is 1.85. The Morgan fingerprint density at radius 3 is 2.92 bits per heavy atom. The minimum atomic E-state index is -0.980. The lowest BCUT2D eigenvalue weighted by atomic mass is 10.1. The first-order valence-electron chi connectivity index (χ1n) is 4.24. The van der Waals surface area contributed by atoms with Crippen molar-refractivity contribution in [3.8, 4) is 0 Å². The number of fused-ring (bicyclic) bond motifs is 1. The highest BCUT2D eigenvalue weighted by Crippen LogP contribution is 2.38. The maximum Gasteiger partial charge on any atom is 0.353 e. The van der Waals surface area contributed by atoms with Gasteiger partial charge in [0, 0.05) is 5.69 Å². The van der Waals surface area contributed by atoms with Crippen molar-refractivity contribution in [3.63, 3.8) is 0 Å². The maximum atomic E-state index is 10.7. The Balaban J connectivity index is 2.55. The summed E-state index contributed by atoms with van der Waals surface area (Å²) in [7, 11) is 0. The molecule has 2 rings (SSSR count). The fraction of sp³-hybridized carbons (Fsp3) is 0.444. The van der Waals surface area contributed by atoms with Crippen molar-refractivity contribution < 1.29 is 9.90 Å². The average molecular weight is 200 g/mol. The summed E-state index contributed by atoms with van der Waals surface area (Å²) in [5.74, 6) is -0.577. The van der Waals surface area contributed by atoms with Gasteiger partial charge in [0.1, 0.15) is 5.69 Å². The summed E-state index contributed by atoms with van der Waals surface area (Å²) in [5.41, 5.74) is 2.13. The predicted octanol–water partition coefficient (Wildman–Crippen LogP) is 2.42. The van der Waals surface area contributed by atoms with Crippen molar-refractivity contribution in [1.29, 1.82) is 0 Å². The lowest BCUT2D eigenvalue weighted by Gasteiger charge is -1.98. The topological polar surface area (TPSA) is 53.1 Å². The Labute approximate surface area is 80.7 Å². The highest BCUT2D eigenvalue weighted by molar-refractivity contribution is 6.34. The first-order valence-corrected chi connectivity index (χ1v) is 4.62. The minimum Gasteiger partial charge on any atom is -0.477 e. The molecule has 0 radical (unpaired) electrons. The number of rotatable bonds is 1. The van der Waals surface area contributed by atoms with E-state index in [-0.39, 0.29) is 5.69 Å². The Morgan fingerprint density at radius 1 is 1.69 bits per heavy atom. The Morgan fingerprint density at radius 2 is 2.38 bits per heavy atom. The summed E-state index contributed by atoms with van der Waals surface area (Å²) in [6.07, 6.45) is 1.94. The molecular weight excluding hydrogens is 190 g/mol. The maximum absolute atomic E-state index is 10.7. The van der Waals surface area contributed by atoms with E-state index in [2.05, 4.69) is 11.9 Å². The van der Waals surface area contributed by atoms with Gasteiger partial charge in [-0.15, -0.1) is 0 Å². The van der Waals surface area contributed by atoms with Gasteiger partial charge in [0.25, 0.3) is 0 Å². The predicted molar refractivity (Wildman–Crippen MR) is 49.5 cm³/mol. The van der Waals surface area contributed by atoms with E-state index >= 15 is 0 Å². The summed E-state index contributed by atoms with van der Waals surface area (Å²) < 4.78 is 0. The van der Waals surface area contributed by atoms with E-state index in [9.17, 15) is 4.79 Å². The fourth-order valence-corrected chi connectivity index (χ4v) is 2.18. The molecule has 0 aromatic carbocycles. The number of hydrogen-bond donors (Lipinski definition) is 2. The Hall–Kier alpha value is -0.960. The number of hydrogen-bond acceptors (Lipinski definition) is 1. The van der Waals surface area contributed by atoms with Gasteiger partial charge in [0.15, 0.2) is 0 Å². The van der Waals surface area contributed by atoms with Gasteiger partial charge in [-0.05, 0) is 24.3 Å². The van der Waals surface area contributed by atoms with E-state index in [1.54, 1.807) is 0 Å². The van der Waals surface area contributed by atoms with Crippen LogP contribution in [0.3, 0.4) is 0 Å². The highest BCUT2D eigenvalue weighted by atomic mass is 35.5. The van der Waals surface area contributed by atoms with Crippen LogP contribution in [-0.4, -0.2) is 16.1 Å². The van der Waals surface area contributed by atoms with Crippen molar-refractivity contribution in [2.24, 2.45) is 0 Å². The first-order chi connectivity index (χ1) is 6.11. The van der Waals surface area contributed by atoms with Crippen LogP contribution in [-0.2, 0) is 6.42 Å². The average Bonchev–Trinajstić information content (AvgIpc) is 2.55. The SMILES string of the molecule is C[C@@H]1CCc2c1[nH]c(C(=O)O)c2Cl. The van der Waals surface area contributed by atoms with Crippen LogP contribution in [0.15, 0.2) is 0 Å². The van der Waals surface area contributed by atoms with E-state index < -0.39 is 5.97 Å². The molecule has 0 spiro atoms. The van der Waals surface area contributed by atoms with Gasteiger partial charge in [-0.3, -0.25) is 0 Å². The van der Waals surface area contributed by atoms with Crippen molar-refractivity contribution in [3.05, 3.63) is 22.0 Å². The van der Waals surface area contributed by atoms with E-state index in [0.29, 0.717) is 10.9 Å². The van der Waals surface area contributed by atoms with Crippen molar-refractivity contribution in [1.82, 2.24) is 4.98 Å². The van der Waals surface area contributed by atoms with Crippen molar-refractivity contribution in [2.45, 2.75) is 25.7 Å². The molecule has 0 fully saturated rings. The largest absolute Gasteiger partial charge is 0.477 e. The zero-order valence-electron chi connectivity index (χ0n) is 7.22. The van der Waals surface area contributed by atoms with Gasteiger partial charge in [-0.2, -0.15) is 0 Å². The van der Waals surface area contributed by atoms with E-state index in [1.807, 2.05) is 0 Å². The molecule has 0 bridgehead atoms. The number of aromatic amines is 1. The third-order valence-electron chi connectivity index (χ3n) is 2.60. The number of carboxylic acid groups (broad SMARTS) is 1. The summed E-state index contributed by atoms with van der Waals surface area (Å²) in [6.45, 7) is 2.07. The van der Waals surface area contributed by atoms with Gasteiger partial charge in [0.2, 0.25) is 0 Å². The normalized spacial score (nSPS) is 20.3. The van der Waals surface area contributed by atoms with Crippen molar-refractivity contribution in [2.75, 3.05) is 0 Å². The minimum absolute atomic E-state index is 0.137. The third-order valence-corrected chi connectivity index (χ3v) is 3.02. The zero-order valence-corrected chi connectivity index (χ0v) is 7.98. The number of H-pyrrole nitrogens is 1. The molecule has 1 atom stereocenters. The molecule has 1 aromatic rings. The second-order valence-electron chi connectivity index (χ2n) is 3.45. The van der Waals surface area contributed by atoms with Gasteiger partial charge in [-0.25, -0.2) is 4.79 Å². The third kappa shape index (κ3) is 1.15. The monoisotopic (exact) mass is 199 g/mol. The first kappa shape index (κ1) is 8.63. The Kier molecular flexibility index (Phi) is 1.84. The molecule has 13 heavy (non-hydrogen) atoms. The van der Waals surface area contributed by atoms with Crippen LogP contribution < -0.4 is 0 Å². The van der Waals surface area contributed by atoms with E-state index in [4.69, 9.17) is 16.7 Å². The molecule has 3 nitrogen and oxygen atoms in total. The lowest BCUT2D eigenvalue weighted by molar-refractivity contribution is 0.0691. The molecule has 1 heterocycles. The standard InChI is InChI=1S/C9H10ClNO2/c1-4-2-3-5-6(10)8(9(12)13)11-7(4)5/h4,11H,2-3H2,1H3,(H,12,13)/t4-/m1/s1. The molecule has 1 aliphatic rings. The quantitative estimate of drug-likeness (QED) is 0.730. The summed E-state index contributed by atoms with van der Waals surface area (Å²) in [5, 5.41) is 9.19. The molecule has 0 saturated carbocycles. The van der Waals surface area contributed by atoms with Gasteiger partial charge in [-0.1, -0.05) is 18.5 Å². The number of aromatic nitrogens is 1. The molecule has 1 aromatic heterocycles. The molecule has 2 N–H and O–H groups in total. The highest BCUT2D eigenvalue weighted by Gasteiger charge is 2.27. The summed E-state index contributed by atoms with van der Waals surface area (Å²) in [4.78, 5) is 13.6. The van der Waals surface area contributed by atoms with Crippen LogP contribution in [0.25, 0.3) is 0 Å². The molecule has 1 aliphatic carbocycles. The molecule has 0 amide bonds. The van der Waals surface area contributed by atoms with E-state index in [1.165, 1.54) is 0 Å². The van der Waals surface area contributed by atoms with E-state index in [0.717, 1.165) is 24.1 Å². The number of halogens is 1. The van der Waals surface area contributed by atoms with Gasteiger partial charge < -0.3 is 10.1 Å². The summed E-state index contributed by atoms with van der Waals surface area (Å²) in [6, 6.07) is 0. The molecule has 70 valence electrons. The van der Waals surface area contributed by atoms with Crippen molar-refractivity contribution >= 4 is 17.6 Å². The van der Waals surface area contributed by atoms with Crippen LogP contribution in [0.4, 0.5) is 0 Å². The van der Waals surface area contributed by atoms with Gasteiger partial charge >= 0.3 is 5.97 Å². The van der Waals surface area contributed by atoms with Crippen LogP contribution in [0.1, 0.15) is 41.0 Å².